The summed E-state index contributed by atoms with van der Waals surface area (Å²) in [6.07, 6.45) is 0. The average molecular weight is 254 g/mol. The van der Waals surface area contributed by atoms with E-state index in [9.17, 15) is 8.42 Å². The van der Waals surface area contributed by atoms with Crippen molar-refractivity contribution in [1.82, 2.24) is 4.72 Å². The van der Waals surface area contributed by atoms with Crippen molar-refractivity contribution in [2.24, 2.45) is 0 Å². The molecular weight excluding hydrogens is 240 g/mol. The van der Waals surface area contributed by atoms with Gasteiger partial charge in [0.2, 0.25) is 0 Å². The SMILES string of the molecule is CNS(=O)(=O)Nc1cc(C)cc(C#CCO)c1. The van der Waals surface area contributed by atoms with Gasteiger partial charge in [-0.05, 0) is 30.7 Å². The fourth-order valence-corrected chi connectivity index (χ4v) is 1.79. The number of nitrogens with one attached hydrogen (secondary N) is 2. The predicted octanol–water partition coefficient (Wildman–Crippen LogP) is 0.215. The van der Waals surface area contributed by atoms with E-state index in [1.165, 1.54) is 7.05 Å². The minimum Gasteiger partial charge on any atom is -0.384 e. The fourth-order valence-electron chi connectivity index (χ4n) is 1.26. The summed E-state index contributed by atoms with van der Waals surface area (Å²) in [6.45, 7) is 1.60. The molecular formula is C11H14N2O3S. The first-order valence-electron chi connectivity index (χ1n) is 4.89. The van der Waals surface area contributed by atoms with Gasteiger partial charge in [-0.15, -0.1) is 0 Å². The van der Waals surface area contributed by atoms with Crippen LogP contribution in [-0.2, 0) is 10.2 Å². The van der Waals surface area contributed by atoms with Crippen LogP contribution in [0.5, 0.6) is 0 Å². The summed E-state index contributed by atoms with van der Waals surface area (Å²) >= 11 is 0. The van der Waals surface area contributed by atoms with Crippen LogP contribution in [0.2, 0.25) is 0 Å². The molecule has 92 valence electrons. The second kappa shape index (κ2) is 5.68. The van der Waals surface area contributed by atoms with Crippen LogP contribution in [0.15, 0.2) is 18.2 Å². The Labute approximate surface area is 101 Å². The van der Waals surface area contributed by atoms with Crippen LogP contribution in [0.4, 0.5) is 5.69 Å². The monoisotopic (exact) mass is 254 g/mol. The third kappa shape index (κ3) is 4.44. The molecule has 0 aliphatic carbocycles. The Morgan fingerprint density at radius 2 is 2.06 bits per heavy atom. The number of aliphatic hydroxyl groups is 1. The molecule has 0 heterocycles. The van der Waals surface area contributed by atoms with E-state index in [0.717, 1.165) is 5.56 Å². The Bertz CT molecular complexity index is 556. The van der Waals surface area contributed by atoms with E-state index in [4.69, 9.17) is 5.11 Å². The highest BCUT2D eigenvalue weighted by Crippen LogP contribution is 2.14. The van der Waals surface area contributed by atoms with Crippen molar-refractivity contribution >= 4 is 15.9 Å². The normalized spacial score (nSPS) is 10.5. The summed E-state index contributed by atoms with van der Waals surface area (Å²) in [5.41, 5.74) is 1.96. The number of rotatable bonds is 3. The molecule has 0 amide bonds. The maximum Gasteiger partial charge on any atom is 0.298 e. The summed E-state index contributed by atoms with van der Waals surface area (Å²) in [5.74, 6) is 5.23. The molecule has 0 atom stereocenters. The molecule has 17 heavy (non-hydrogen) atoms. The van der Waals surface area contributed by atoms with Gasteiger partial charge in [0.25, 0.3) is 10.2 Å². The zero-order valence-corrected chi connectivity index (χ0v) is 10.4. The fraction of sp³-hybridized carbons (Fsp3) is 0.273. The van der Waals surface area contributed by atoms with Gasteiger partial charge in [0.05, 0.1) is 5.69 Å². The van der Waals surface area contributed by atoms with Gasteiger partial charge in [0.1, 0.15) is 6.61 Å². The smallest absolute Gasteiger partial charge is 0.298 e. The minimum absolute atomic E-state index is 0.231. The van der Waals surface area contributed by atoms with Crippen molar-refractivity contribution in [3.63, 3.8) is 0 Å². The number of aliphatic hydroxyl groups excluding tert-OH is 1. The van der Waals surface area contributed by atoms with Crippen LogP contribution in [0.3, 0.4) is 0 Å². The molecule has 3 N–H and O–H groups in total. The van der Waals surface area contributed by atoms with Crippen molar-refractivity contribution in [3.05, 3.63) is 29.3 Å². The van der Waals surface area contributed by atoms with Crippen molar-refractivity contribution in [2.75, 3.05) is 18.4 Å². The second-order valence-electron chi connectivity index (χ2n) is 3.36. The number of aryl methyl sites for hydroxylation is 1. The largest absolute Gasteiger partial charge is 0.384 e. The molecule has 0 fully saturated rings. The molecule has 1 rings (SSSR count). The summed E-state index contributed by atoms with van der Waals surface area (Å²) < 4.78 is 27.1. The number of hydrogen-bond acceptors (Lipinski definition) is 3. The minimum atomic E-state index is -3.52. The zero-order valence-electron chi connectivity index (χ0n) is 9.61. The van der Waals surface area contributed by atoms with Crippen LogP contribution < -0.4 is 9.44 Å². The van der Waals surface area contributed by atoms with E-state index in [-0.39, 0.29) is 6.61 Å². The first kappa shape index (κ1) is 13.5. The zero-order chi connectivity index (χ0) is 12.9. The Kier molecular flexibility index (Phi) is 4.52. The molecule has 1 aromatic rings. The molecule has 0 saturated carbocycles. The Morgan fingerprint density at radius 3 is 2.65 bits per heavy atom. The van der Waals surface area contributed by atoms with E-state index in [0.29, 0.717) is 11.3 Å². The number of benzene rings is 1. The molecule has 0 aliphatic heterocycles. The van der Waals surface area contributed by atoms with Gasteiger partial charge >= 0.3 is 0 Å². The molecule has 5 nitrogen and oxygen atoms in total. The van der Waals surface area contributed by atoms with E-state index in [2.05, 4.69) is 21.3 Å². The van der Waals surface area contributed by atoms with Gasteiger partial charge in [-0.1, -0.05) is 11.8 Å². The quantitative estimate of drug-likeness (QED) is 0.675. The highest BCUT2D eigenvalue weighted by molar-refractivity contribution is 7.90. The average Bonchev–Trinajstić information content (AvgIpc) is 2.25. The Morgan fingerprint density at radius 1 is 1.35 bits per heavy atom. The molecule has 0 aliphatic rings. The lowest BCUT2D eigenvalue weighted by molar-refractivity contribution is 0.350. The third-order valence-corrected chi connectivity index (χ3v) is 2.95. The van der Waals surface area contributed by atoms with Gasteiger partial charge in [0.15, 0.2) is 0 Å². The molecule has 0 aromatic heterocycles. The lowest BCUT2D eigenvalue weighted by atomic mass is 10.1. The summed E-state index contributed by atoms with van der Waals surface area (Å²) in [5, 5.41) is 8.60. The van der Waals surface area contributed by atoms with E-state index >= 15 is 0 Å². The summed E-state index contributed by atoms with van der Waals surface area (Å²) in [7, 11) is -2.20. The number of hydrogen-bond donors (Lipinski definition) is 3. The standard InChI is InChI=1S/C11H14N2O3S/c1-9-6-10(4-3-5-14)8-11(7-9)13-17(15,16)12-2/h6-8,12-14H,5H2,1-2H3. The highest BCUT2D eigenvalue weighted by Gasteiger charge is 2.06. The second-order valence-corrected chi connectivity index (χ2v) is 4.98. The molecule has 0 unspecified atom stereocenters. The molecule has 0 spiro atoms. The van der Waals surface area contributed by atoms with Gasteiger partial charge in [-0.3, -0.25) is 4.72 Å². The van der Waals surface area contributed by atoms with Gasteiger partial charge in [0, 0.05) is 12.6 Å². The topological polar surface area (TPSA) is 78.4 Å². The van der Waals surface area contributed by atoms with Crippen LogP contribution in [-0.4, -0.2) is 27.2 Å². The van der Waals surface area contributed by atoms with Crippen LogP contribution in [0, 0.1) is 18.8 Å². The van der Waals surface area contributed by atoms with Crippen LogP contribution >= 0.6 is 0 Å². The molecule has 0 bridgehead atoms. The van der Waals surface area contributed by atoms with Crippen LogP contribution in [0.25, 0.3) is 0 Å². The van der Waals surface area contributed by atoms with E-state index < -0.39 is 10.2 Å². The number of anilines is 1. The lowest BCUT2D eigenvalue weighted by Crippen LogP contribution is -2.26. The third-order valence-electron chi connectivity index (χ3n) is 1.91. The van der Waals surface area contributed by atoms with Crippen molar-refractivity contribution in [1.29, 1.82) is 0 Å². The van der Waals surface area contributed by atoms with Crippen molar-refractivity contribution in [2.45, 2.75) is 6.92 Å². The van der Waals surface area contributed by atoms with Gasteiger partial charge in [-0.2, -0.15) is 8.42 Å². The van der Waals surface area contributed by atoms with Crippen molar-refractivity contribution < 1.29 is 13.5 Å². The Balaban J connectivity index is 3.06. The molecule has 6 heteroatoms. The predicted molar refractivity (Wildman–Crippen MR) is 66.7 cm³/mol. The Hall–Kier alpha value is -1.55. The van der Waals surface area contributed by atoms with Crippen molar-refractivity contribution in [3.8, 4) is 11.8 Å². The lowest BCUT2D eigenvalue weighted by Gasteiger charge is -2.07. The van der Waals surface area contributed by atoms with Crippen LogP contribution in [0.1, 0.15) is 11.1 Å². The maximum atomic E-state index is 11.3. The summed E-state index contributed by atoms with van der Waals surface area (Å²) in [4.78, 5) is 0. The molecule has 1 aromatic carbocycles. The van der Waals surface area contributed by atoms with Gasteiger partial charge in [-0.25, -0.2) is 4.72 Å². The first-order valence-corrected chi connectivity index (χ1v) is 6.38. The van der Waals surface area contributed by atoms with Gasteiger partial charge < -0.3 is 5.11 Å². The molecule has 0 saturated heterocycles. The molecule has 0 radical (unpaired) electrons. The first-order chi connectivity index (χ1) is 7.96. The van der Waals surface area contributed by atoms with E-state index in [1.54, 1.807) is 18.2 Å². The summed E-state index contributed by atoms with van der Waals surface area (Å²) in [6, 6.07) is 5.10. The highest BCUT2D eigenvalue weighted by atomic mass is 32.2. The van der Waals surface area contributed by atoms with E-state index in [1.807, 2.05) is 6.92 Å². The maximum absolute atomic E-state index is 11.3.